The van der Waals surface area contributed by atoms with Crippen molar-refractivity contribution in [2.24, 2.45) is 0 Å². The highest BCUT2D eigenvalue weighted by atomic mass is 32.2. The van der Waals surface area contributed by atoms with Crippen LogP contribution in [0.1, 0.15) is 0 Å². The van der Waals surface area contributed by atoms with E-state index in [4.69, 9.17) is 0 Å². The first-order valence-corrected chi connectivity index (χ1v) is 7.19. The topological polar surface area (TPSA) is 37.8 Å². The average molecular weight is 263 g/mol. The molecule has 0 fully saturated rings. The number of thioether (sulfide) groups is 1. The highest BCUT2D eigenvalue weighted by molar-refractivity contribution is 7.99. The van der Waals surface area contributed by atoms with Crippen LogP contribution < -0.4 is 5.32 Å². The first kappa shape index (κ1) is 12.3. The van der Waals surface area contributed by atoms with Gasteiger partial charge in [0.25, 0.3) is 0 Å². The molecule has 1 N–H and O–H groups in total. The predicted octanol–water partition coefficient (Wildman–Crippen LogP) is 3.39. The third-order valence-corrected chi connectivity index (χ3v) is 3.56. The molecule has 0 bridgehead atoms. The average Bonchev–Trinajstić information content (AvgIpc) is 2.39. The van der Waals surface area contributed by atoms with Gasteiger partial charge in [0.05, 0.1) is 0 Å². The van der Waals surface area contributed by atoms with Crippen molar-refractivity contribution in [3.8, 4) is 0 Å². The van der Waals surface area contributed by atoms with Crippen LogP contribution in [0.4, 0.5) is 5.82 Å². The Kier molecular flexibility index (Phi) is 4.28. The molecule has 1 aromatic carbocycles. The smallest absolute Gasteiger partial charge is 0.190 e. The second-order valence-electron chi connectivity index (χ2n) is 3.24. The molecule has 17 heavy (non-hydrogen) atoms. The largest absolute Gasteiger partial charge is 0.373 e. The lowest BCUT2D eigenvalue weighted by atomic mass is 10.4. The van der Waals surface area contributed by atoms with E-state index in [1.54, 1.807) is 23.5 Å². The summed E-state index contributed by atoms with van der Waals surface area (Å²) < 4.78 is 0. The minimum absolute atomic E-state index is 0.787. The number of nitrogens with zero attached hydrogens (tertiary/aromatic N) is 2. The van der Waals surface area contributed by atoms with Crippen molar-refractivity contribution in [3.63, 3.8) is 0 Å². The van der Waals surface area contributed by atoms with Gasteiger partial charge in [0.2, 0.25) is 0 Å². The molecule has 0 saturated heterocycles. The third kappa shape index (κ3) is 3.38. The van der Waals surface area contributed by atoms with Crippen molar-refractivity contribution in [2.45, 2.75) is 15.1 Å². The normalized spacial score (nSPS) is 10.2. The van der Waals surface area contributed by atoms with Crippen molar-refractivity contribution in [1.29, 1.82) is 0 Å². The van der Waals surface area contributed by atoms with Crippen LogP contribution in [0.2, 0.25) is 0 Å². The van der Waals surface area contributed by atoms with Crippen LogP contribution in [0.5, 0.6) is 0 Å². The molecule has 2 rings (SSSR count). The summed E-state index contributed by atoms with van der Waals surface area (Å²) in [5, 5.41) is 4.80. The summed E-state index contributed by atoms with van der Waals surface area (Å²) in [6.07, 6.45) is 1.98. The van der Waals surface area contributed by atoms with Gasteiger partial charge in [-0.2, -0.15) is 0 Å². The molecule has 0 aliphatic carbocycles. The zero-order valence-electron chi connectivity index (χ0n) is 9.68. The number of aromatic nitrogens is 2. The van der Waals surface area contributed by atoms with E-state index in [1.165, 1.54) is 4.90 Å². The number of rotatable bonds is 4. The number of hydrogen-bond acceptors (Lipinski definition) is 5. The molecule has 0 radical (unpaired) electrons. The maximum absolute atomic E-state index is 4.47. The molecule has 1 aromatic heterocycles. The van der Waals surface area contributed by atoms with Crippen LogP contribution >= 0.6 is 23.5 Å². The molecule has 0 atom stereocenters. The van der Waals surface area contributed by atoms with E-state index in [9.17, 15) is 0 Å². The first-order chi connectivity index (χ1) is 8.31. The van der Waals surface area contributed by atoms with Gasteiger partial charge in [0.15, 0.2) is 5.16 Å². The van der Waals surface area contributed by atoms with Crippen LogP contribution in [0, 0.1) is 0 Å². The summed E-state index contributed by atoms with van der Waals surface area (Å²) in [5.41, 5.74) is 0. The van der Waals surface area contributed by atoms with Gasteiger partial charge < -0.3 is 5.32 Å². The quantitative estimate of drug-likeness (QED) is 0.520. The van der Waals surface area contributed by atoms with E-state index in [0.717, 1.165) is 16.0 Å². The lowest BCUT2D eigenvalue weighted by molar-refractivity contribution is 0.897. The Hall–Kier alpha value is -1.20. The summed E-state index contributed by atoms with van der Waals surface area (Å²) in [4.78, 5) is 9.99. The highest BCUT2D eigenvalue weighted by Crippen LogP contribution is 2.28. The van der Waals surface area contributed by atoms with Crippen molar-refractivity contribution in [1.82, 2.24) is 9.97 Å². The van der Waals surface area contributed by atoms with E-state index < -0.39 is 0 Å². The lowest BCUT2D eigenvalue weighted by Gasteiger charge is -2.05. The monoisotopic (exact) mass is 263 g/mol. The molecule has 5 heteroatoms. The second-order valence-corrected chi connectivity index (χ2v) is 5.11. The molecule has 0 spiro atoms. The van der Waals surface area contributed by atoms with Gasteiger partial charge in [-0.15, -0.1) is 0 Å². The minimum atomic E-state index is 0.787. The Morgan fingerprint density at radius 1 is 1.12 bits per heavy atom. The Morgan fingerprint density at radius 3 is 2.53 bits per heavy atom. The fourth-order valence-electron chi connectivity index (χ4n) is 1.28. The van der Waals surface area contributed by atoms with Gasteiger partial charge >= 0.3 is 0 Å². The molecule has 2 aromatic rings. The molecule has 0 aliphatic rings. The zero-order chi connectivity index (χ0) is 12.1. The maximum Gasteiger partial charge on any atom is 0.190 e. The SMILES string of the molecule is CNc1cc(Sc2ccccc2)nc(SC)n1. The molecule has 0 aliphatic heterocycles. The zero-order valence-corrected chi connectivity index (χ0v) is 11.3. The highest BCUT2D eigenvalue weighted by Gasteiger charge is 2.04. The van der Waals surface area contributed by atoms with Crippen LogP contribution in [0.15, 0.2) is 51.5 Å². The van der Waals surface area contributed by atoms with E-state index in [0.29, 0.717) is 0 Å². The van der Waals surface area contributed by atoms with Crippen LogP contribution in [0.25, 0.3) is 0 Å². The molecule has 0 unspecified atom stereocenters. The molecule has 88 valence electrons. The first-order valence-electron chi connectivity index (χ1n) is 5.15. The molecular weight excluding hydrogens is 250 g/mol. The van der Waals surface area contributed by atoms with Crippen molar-refractivity contribution in [2.75, 3.05) is 18.6 Å². The Balaban J connectivity index is 2.26. The summed E-state index contributed by atoms with van der Waals surface area (Å²) in [6, 6.07) is 12.2. The Labute approximate surface area is 109 Å². The Morgan fingerprint density at radius 2 is 1.88 bits per heavy atom. The molecule has 1 heterocycles. The van der Waals surface area contributed by atoms with Crippen molar-refractivity contribution in [3.05, 3.63) is 36.4 Å². The Bertz CT molecular complexity index is 466. The van der Waals surface area contributed by atoms with E-state index >= 15 is 0 Å². The van der Waals surface area contributed by atoms with Gasteiger partial charge in [-0.25, -0.2) is 9.97 Å². The number of nitrogens with one attached hydrogen (secondary N) is 1. The summed E-state index contributed by atoms with van der Waals surface area (Å²) >= 11 is 3.19. The number of benzene rings is 1. The summed E-state index contributed by atoms with van der Waals surface area (Å²) in [6.45, 7) is 0. The molecule has 0 amide bonds. The van der Waals surface area contributed by atoms with Crippen LogP contribution in [0.3, 0.4) is 0 Å². The standard InChI is InChI=1S/C12H13N3S2/c1-13-10-8-11(15-12(14-10)16-2)17-9-6-4-3-5-7-9/h3-8H,1-2H3,(H,13,14,15). The third-order valence-electron chi connectivity index (χ3n) is 2.09. The maximum atomic E-state index is 4.47. The van der Waals surface area contributed by atoms with Crippen molar-refractivity contribution < 1.29 is 0 Å². The van der Waals surface area contributed by atoms with Gasteiger partial charge in [0.1, 0.15) is 10.8 Å². The fraction of sp³-hybridized carbons (Fsp3) is 0.167. The van der Waals surface area contributed by atoms with E-state index in [1.807, 2.05) is 37.6 Å². The van der Waals surface area contributed by atoms with Crippen molar-refractivity contribution >= 4 is 29.3 Å². The van der Waals surface area contributed by atoms with Crippen LogP contribution in [-0.2, 0) is 0 Å². The second kappa shape index (κ2) is 5.93. The molecular formula is C12H13N3S2. The van der Waals surface area contributed by atoms with Gasteiger partial charge in [0, 0.05) is 18.0 Å². The van der Waals surface area contributed by atoms with E-state index in [2.05, 4.69) is 27.4 Å². The number of anilines is 1. The molecule has 0 saturated carbocycles. The van der Waals surface area contributed by atoms with Gasteiger partial charge in [-0.3, -0.25) is 0 Å². The van der Waals surface area contributed by atoms with E-state index in [-0.39, 0.29) is 0 Å². The summed E-state index contributed by atoms with van der Waals surface area (Å²) in [5.74, 6) is 0.850. The minimum Gasteiger partial charge on any atom is -0.373 e. The number of hydrogen-bond donors (Lipinski definition) is 1. The lowest BCUT2D eigenvalue weighted by Crippen LogP contribution is -1.96. The van der Waals surface area contributed by atoms with Gasteiger partial charge in [-0.1, -0.05) is 41.7 Å². The van der Waals surface area contributed by atoms with Gasteiger partial charge in [-0.05, 0) is 18.4 Å². The predicted molar refractivity (Wildman–Crippen MR) is 73.9 cm³/mol. The molecule has 3 nitrogen and oxygen atoms in total. The summed E-state index contributed by atoms with van der Waals surface area (Å²) in [7, 11) is 1.86. The van der Waals surface area contributed by atoms with Crippen LogP contribution in [-0.4, -0.2) is 23.3 Å². The fourth-order valence-corrected chi connectivity index (χ4v) is 2.56.